The number of hydrogen-bond donors (Lipinski definition) is 3. The van der Waals surface area contributed by atoms with E-state index >= 15 is 0 Å². The number of hydrazine groups is 1. The molecule has 0 aliphatic carbocycles. The number of halogens is 1. The average molecular weight is 526 g/mol. The van der Waals surface area contributed by atoms with Crippen LogP contribution in [0.2, 0.25) is 5.02 Å². The van der Waals surface area contributed by atoms with Crippen LogP contribution in [0.25, 0.3) is 0 Å². The summed E-state index contributed by atoms with van der Waals surface area (Å²) in [6.45, 7) is 2.82. The van der Waals surface area contributed by atoms with Gasteiger partial charge in [0.25, 0.3) is 5.91 Å². The van der Waals surface area contributed by atoms with Gasteiger partial charge in [0.2, 0.25) is 5.91 Å². The van der Waals surface area contributed by atoms with Crippen LogP contribution in [0.15, 0.2) is 72.8 Å². The number of carbonyl (C=O) groups excluding carboxylic acids is 2. The molecule has 3 rings (SSSR count). The topological polar surface area (TPSA) is 88.7 Å². The van der Waals surface area contributed by atoms with E-state index in [0.717, 1.165) is 17.7 Å². The van der Waals surface area contributed by atoms with E-state index in [4.69, 9.17) is 33.3 Å². The summed E-state index contributed by atoms with van der Waals surface area (Å²) in [5.74, 6) is 0.726. The van der Waals surface area contributed by atoms with E-state index in [1.807, 2.05) is 43.3 Å². The third kappa shape index (κ3) is 9.20. The third-order valence-corrected chi connectivity index (χ3v) is 5.54. The van der Waals surface area contributed by atoms with Crippen molar-refractivity contribution in [3.05, 3.63) is 94.5 Å². The number of amides is 2. The quantitative estimate of drug-likeness (QED) is 0.201. The molecule has 3 aromatic rings. The first kappa shape index (κ1) is 27.0. The molecule has 3 aromatic carbocycles. The van der Waals surface area contributed by atoms with Crippen LogP contribution in [0.4, 0.5) is 0 Å². The van der Waals surface area contributed by atoms with Crippen molar-refractivity contribution in [2.24, 2.45) is 0 Å². The maximum absolute atomic E-state index is 12.4. The van der Waals surface area contributed by atoms with Crippen LogP contribution in [0, 0.1) is 6.92 Å². The van der Waals surface area contributed by atoms with Crippen LogP contribution >= 0.6 is 23.8 Å². The summed E-state index contributed by atoms with van der Waals surface area (Å²) in [6.07, 6.45) is 1.53. The first-order valence-corrected chi connectivity index (χ1v) is 12.3. The zero-order valence-electron chi connectivity index (χ0n) is 19.9. The Hall–Kier alpha value is -3.62. The summed E-state index contributed by atoms with van der Waals surface area (Å²) in [5.41, 5.74) is 7.54. The Kier molecular flexibility index (Phi) is 10.5. The number of ether oxygens (including phenoxy) is 2. The summed E-state index contributed by atoms with van der Waals surface area (Å²) in [5, 5.41) is 3.16. The predicted molar refractivity (Wildman–Crippen MR) is 144 cm³/mol. The summed E-state index contributed by atoms with van der Waals surface area (Å²) < 4.78 is 11.4. The molecule has 0 unspecified atom stereocenters. The minimum atomic E-state index is -0.399. The van der Waals surface area contributed by atoms with Gasteiger partial charge in [0.05, 0.1) is 13.2 Å². The molecule has 0 radical (unpaired) electrons. The number of aryl methyl sites for hydroxylation is 1. The monoisotopic (exact) mass is 525 g/mol. The molecule has 3 N–H and O–H groups in total. The van der Waals surface area contributed by atoms with Gasteiger partial charge in [0, 0.05) is 23.4 Å². The van der Waals surface area contributed by atoms with Crippen molar-refractivity contribution in [1.29, 1.82) is 0 Å². The molecule has 2 amide bonds. The van der Waals surface area contributed by atoms with Crippen molar-refractivity contribution >= 4 is 40.7 Å². The highest BCUT2D eigenvalue weighted by atomic mass is 35.5. The SMILES string of the molecule is Cc1cc(Cl)ccc1OCCCC(=O)NNC(=S)NC(=O)c1ccc(OCCc2ccccc2)cc1. The van der Waals surface area contributed by atoms with E-state index < -0.39 is 5.91 Å². The maximum Gasteiger partial charge on any atom is 0.257 e. The van der Waals surface area contributed by atoms with Crippen LogP contribution in [0.1, 0.15) is 34.3 Å². The van der Waals surface area contributed by atoms with Gasteiger partial charge in [-0.05, 0) is 79.2 Å². The number of carbonyl (C=O) groups is 2. The lowest BCUT2D eigenvalue weighted by molar-refractivity contribution is -0.121. The highest BCUT2D eigenvalue weighted by Crippen LogP contribution is 2.22. The van der Waals surface area contributed by atoms with Gasteiger partial charge in [0.15, 0.2) is 5.11 Å². The summed E-state index contributed by atoms with van der Waals surface area (Å²) >= 11 is 11.0. The zero-order valence-corrected chi connectivity index (χ0v) is 21.5. The second kappa shape index (κ2) is 14.1. The molecule has 0 spiro atoms. The average Bonchev–Trinajstić information content (AvgIpc) is 2.87. The third-order valence-electron chi connectivity index (χ3n) is 5.10. The molecule has 0 atom stereocenters. The second-order valence-corrected chi connectivity index (χ2v) is 8.77. The van der Waals surface area contributed by atoms with Crippen molar-refractivity contribution < 1.29 is 19.1 Å². The zero-order chi connectivity index (χ0) is 25.8. The van der Waals surface area contributed by atoms with Gasteiger partial charge < -0.3 is 9.47 Å². The molecule has 0 heterocycles. The Morgan fingerprint density at radius 1 is 0.917 bits per heavy atom. The first-order chi connectivity index (χ1) is 17.4. The molecule has 188 valence electrons. The standard InChI is InChI=1S/C27H28ClN3O4S/c1-19-18-22(28)11-14-24(19)35-16-5-8-25(32)30-31-27(36)29-26(33)21-9-12-23(13-10-21)34-17-15-20-6-3-2-4-7-20/h2-4,6-7,9-14,18H,5,8,15-17H2,1H3,(H,30,32)(H2,29,31,33,36). The van der Waals surface area contributed by atoms with Crippen molar-refractivity contribution in [2.75, 3.05) is 13.2 Å². The van der Waals surface area contributed by atoms with E-state index in [1.54, 1.807) is 36.4 Å². The van der Waals surface area contributed by atoms with Gasteiger partial charge in [-0.2, -0.15) is 0 Å². The second-order valence-electron chi connectivity index (χ2n) is 7.93. The molecule has 9 heteroatoms. The molecule has 0 aliphatic rings. The van der Waals surface area contributed by atoms with Crippen LogP contribution in [0.3, 0.4) is 0 Å². The Morgan fingerprint density at radius 2 is 1.67 bits per heavy atom. The van der Waals surface area contributed by atoms with Gasteiger partial charge in [-0.25, -0.2) is 0 Å². The van der Waals surface area contributed by atoms with Crippen molar-refractivity contribution in [3.63, 3.8) is 0 Å². The molecule has 0 bridgehead atoms. The van der Waals surface area contributed by atoms with Gasteiger partial charge >= 0.3 is 0 Å². The van der Waals surface area contributed by atoms with E-state index in [2.05, 4.69) is 16.2 Å². The molecule has 7 nitrogen and oxygen atoms in total. The summed E-state index contributed by atoms with van der Waals surface area (Å²) in [7, 11) is 0. The molecular formula is C27H28ClN3O4S. The molecule has 36 heavy (non-hydrogen) atoms. The minimum absolute atomic E-state index is 0.00965. The van der Waals surface area contributed by atoms with Crippen LogP contribution in [-0.2, 0) is 11.2 Å². The molecule has 0 aromatic heterocycles. The maximum atomic E-state index is 12.4. The molecule has 0 saturated heterocycles. The fraction of sp³-hybridized carbons (Fsp3) is 0.222. The van der Waals surface area contributed by atoms with E-state index in [0.29, 0.717) is 36.0 Å². The number of nitrogens with one attached hydrogen (secondary N) is 3. The van der Waals surface area contributed by atoms with Gasteiger partial charge in [-0.3, -0.25) is 25.8 Å². The fourth-order valence-electron chi connectivity index (χ4n) is 3.22. The Bertz CT molecular complexity index is 1170. The largest absolute Gasteiger partial charge is 0.493 e. The van der Waals surface area contributed by atoms with Crippen LogP contribution < -0.4 is 25.6 Å². The van der Waals surface area contributed by atoms with Crippen LogP contribution in [0.5, 0.6) is 11.5 Å². The number of thiocarbonyl (C=S) groups is 1. The fourth-order valence-corrected chi connectivity index (χ4v) is 3.59. The lowest BCUT2D eigenvalue weighted by atomic mass is 10.2. The lowest BCUT2D eigenvalue weighted by Gasteiger charge is -2.12. The van der Waals surface area contributed by atoms with Crippen LogP contribution in [-0.4, -0.2) is 30.1 Å². The Labute approximate surface area is 221 Å². The smallest absolute Gasteiger partial charge is 0.257 e. The highest BCUT2D eigenvalue weighted by Gasteiger charge is 2.09. The number of rotatable bonds is 10. The number of hydrogen-bond acceptors (Lipinski definition) is 5. The Morgan fingerprint density at radius 3 is 2.39 bits per heavy atom. The normalized spacial score (nSPS) is 10.3. The van der Waals surface area contributed by atoms with Crippen molar-refractivity contribution in [3.8, 4) is 11.5 Å². The van der Waals surface area contributed by atoms with E-state index in [9.17, 15) is 9.59 Å². The lowest BCUT2D eigenvalue weighted by Crippen LogP contribution is -2.48. The summed E-state index contributed by atoms with van der Waals surface area (Å²) in [4.78, 5) is 24.4. The van der Waals surface area contributed by atoms with Crippen molar-refractivity contribution in [1.82, 2.24) is 16.2 Å². The number of benzene rings is 3. The van der Waals surface area contributed by atoms with E-state index in [-0.39, 0.29) is 17.4 Å². The molecule has 0 fully saturated rings. The van der Waals surface area contributed by atoms with E-state index in [1.165, 1.54) is 5.56 Å². The summed E-state index contributed by atoms with van der Waals surface area (Å²) in [6, 6.07) is 22.2. The predicted octanol–water partition coefficient (Wildman–Crippen LogP) is 4.76. The first-order valence-electron chi connectivity index (χ1n) is 11.5. The minimum Gasteiger partial charge on any atom is -0.493 e. The van der Waals surface area contributed by atoms with Crippen molar-refractivity contribution in [2.45, 2.75) is 26.2 Å². The molecular weight excluding hydrogens is 498 g/mol. The van der Waals surface area contributed by atoms with Gasteiger partial charge in [-0.15, -0.1) is 0 Å². The van der Waals surface area contributed by atoms with Gasteiger partial charge in [0.1, 0.15) is 11.5 Å². The van der Waals surface area contributed by atoms with Gasteiger partial charge in [-0.1, -0.05) is 41.9 Å². The molecule has 0 aliphatic heterocycles. The Balaban J connectivity index is 1.31. The molecule has 0 saturated carbocycles. The highest BCUT2D eigenvalue weighted by molar-refractivity contribution is 7.80.